The van der Waals surface area contributed by atoms with E-state index in [-0.39, 0.29) is 5.82 Å². The molecule has 1 saturated carbocycles. The van der Waals surface area contributed by atoms with E-state index in [0.717, 1.165) is 41.7 Å². The van der Waals surface area contributed by atoms with Crippen LogP contribution in [0.15, 0.2) is 23.6 Å². The third kappa shape index (κ3) is 3.05. The molecule has 2 heterocycles. The molecule has 1 aromatic heterocycles. The molecule has 0 amide bonds. The molecular weight excluding hydrogens is 313 g/mol. The first-order valence-corrected chi connectivity index (χ1v) is 8.86. The van der Waals surface area contributed by atoms with Gasteiger partial charge in [0.2, 0.25) is 0 Å². The number of anilines is 2. The average molecular weight is 333 g/mol. The summed E-state index contributed by atoms with van der Waals surface area (Å²) in [6.07, 6.45) is 2.51. The zero-order chi connectivity index (χ0) is 15.8. The smallest absolute Gasteiger partial charge is 0.125 e. The van der Waals surface area contributed by atoms with Crippen molar-refractivity contribution in [2.45, 2.75) is 32.0 Å². The minimum atomic E-state index is -0.176. The molecule has 4 nitrogen and oxygen atoms in total. The monoisotopic (exact) mass is 333 g/mol. The van der Waals surface area contributed by atoms with Crippen molar-refractivity contribution in [2.24, 2.45) is 0 Å². The summed E-state index contributed by atoms with van der Waals surface area (Å²) in [4.78, 5) is 9.27. The lowest BCUT2D eigenvalue weighted by Gasteiger charge is -2.39. The minimum Gasteiger partial charge on any atom is -0.378 e. The van der Waals surface area contributed by atoms with Crippen molar-refractivity contribution < 1.29 is 9.13 Å². The summed E-state index contributed by atoms with van der Waals surface area (Å²) in [7, 11) is 1.68. The summed E-state index contributed by atoms with van der Waals surface area (Å²) < 4.78 is 18.9. The summed E-state index contributed by atoms with van der Waals surface area (Å²) in [5.41, 5.74) is 3.18. The van der Waals surface area contributed by atoms with Crippen LogP contribution in [0.3, 0.4) is 0 Å². The van der Waals surface area contributed by atoms with Crippen LogP contribution in [0.1, 0.15) is 23.5 Å². The molecule has 2 aromatic rings. The fourth-order valence-corrected chi connectivity index (χ4v) is 3.95. The quantitative estimate of drug-likeness (QED) is 0.838. The van der Waals surface area contributed by atoms with E-state index in [9.17, 15) is 4.39 Å². The van der Waals surface area contributed by atoms with Gasteiger partial charge in [-0.05, 0) is 31.0 Å². The molecule has 0 saturated heterocycles. The van der Waals surface area contributed by atoms with Crippen molar-refractivity contribution in [3.05, 3.63) is 40.1 Å². The van der Waals surface area contributed by atoms with E-state index < -0.39 is 0 Å². The molecule has 1 aromatic carbocycles. The van der Waals surface area contributed by atoms with Gasteiger partial charge in [0.1, 0.15) is 10.8 Å². The maximum Gasteiger partial charge on any atom is 0.125 e. The number of aromatic nitrogens is 1. The fraction of sp³-hybridized carbons (Fsp3) is 0.471. The molecule has 1 aliphatic carbocycles. The molecule has 0 spiro atoms. The molecule has 6 heteroatoms. The molecule has 2 aliphatic rings. The third-order valence-electron chi connectivity index (χ3n) is 4.41. The van der Waals surface area contributed by atoms with Crippen molar-refractivity contribution in [1.29, 1.82) is 0 Å². The Morgan fingerprint density at radius 3 is 2.96 bits per heavy atom. The van der Waals surface area contributed by atoms with Crippen LogP contribution < -0.4 is 9.80 Å². The Kier molecular flexibility index (Phi) is 3.95. The van der Waals surface area contributed by atoms with Gasteiger partial charge in [0, 0.05) is 31.6 Å². The second-order valence-corrected chi connectivity index (χ2v) is 7.09. The lowest BCUT2D eigenvalue weighted by atomic mass is 10.1. The third-order valence-corrected chi connectivity index (χ3v) is 5.28. The van der Waals surface area contributed by atoms with Gasteiger partial charge in [-0.2, -0.15) is 0 Å². The number of hydrogen-bond donors (Lipinski definition) is 0. The molecular formula is C17H20FN3OS. The number of rotatable bonds is 5. The second-order valence-electron chi connectivity index (χ2n) is 6.14. The normalized spacial score (nSPS) is 17.5. The number of hydrogen-bond acceptors (Lipinski definition) is 5. The van der Waals surface area contributed by atoms with Gasteiger partial charge >= 0.3 is 0 Å². The molecule has 122 valence electrons. The summed E-state index contributed by atoms with van der Waals surface area (Å²) in [6, 6.07) is 5.80. The summed E-state index contributed by atoms with van der Waals surface area (Å²) >= 11 is 1.62. The highest BCUT2D eigenvalue weighted by Gasteiger charge is 2.34. The zero-order valence-corrected chi connectivity index (χ0v) is 14.0. The highest BCUT2D eigenvalue weighted by molar-refractivity contribution is 7.09. The zero-order valence-electron chi connectivity index (χ0n) is 13.2. The predicted molar refractivity (Wildman–Crippen MR) is 90.6 cm³/mol. The first kappa shape index (κ1) is 14.9. The van der Waals surface area contributed by atoms with E-state index in [0.29, 0.717) is 12.6 Å². The summed E-state index contributed by atoms with van der Waals surface area (Å²) in [5, 5.41) is 3.05. The molecule has 0 unspecified atom stereocenters. The molecule has 4 rings (SSSR count). The molecule has 0 atom stereocenters. The Morgan fingerprint density at radius 2 is 2.17 bits per heavy atom. The van der Waals surface area contributed by atoms with Crippen LogP contribution in [0.5, 0.6) is 0 Å². The topological polar surface area (TPSA) is 28.6 Å². The van der Waals surface area contributed by atoms with Crippen molar-refractivity contribution in [1.82, 2.24) is 4.98 Å². The Bertz CT molecular complexity index is 701. The largest absolute Gasteiger partial charge is 0.378 e. The second kappa shape index (κ2) is 6.09. The summed E-state index contributed by atoms with van der Waals surface area (Å²) in [6.45, 7) is 3.17. The van der Waals surface area contributed by atoms with E-state index in [1.54, 1.807) is 30.6 Å². The van der Waals surface area contributed by atoms with Crippen LogP contribution >= 0.6 is 11.3 Å². The molecule has 0 radical (unpaired) electrons. The van der Waals surface area contributed by atoms with Gasteiger partial charge in [0.15, 0.2) is 0 Å². The first-order valence-electron chi connectivity index (χ1n) is 7.98. The fourth-order valence-electron chi connectivity index (χ4n) is 3.20. The van der Waals surface area contributed by atoms with Gasteiger partial charge in [-0.15, -0.1) is 11.3 Å². The molecule has 23 heavy (non-hydrogen) atoms. The van der Waals surface area contributed by atoms with Gasteiger partial charge in [0.25, 0.3) is 0 Å². The van der Waals surface area contributed by atoms with E-state index in [2.05, 4.69) is 20.2 Å². The number of methoxy groups -OCH3 is 1. The number of fused-ring (bicyclic) bond motifs is 1. The van der Waals surface area contributed by atoms with Crippen molar-refractivity contribution >= 4 is 22.7 Å². The van der Waals surface area contributed by atoms with Gasteiger partial charge in [0.05, 0.1) is 30.2 Å². The predicted octanol–water partition coefficient (Wildman–Crippen LogP) is 3.42. The van der Waals surface area contributed by atoms with E-state index in [1.165, 1.54) is 12.8 Å². The number of halogens is 1. The first-order chi connectivity index (χ1) is 11.2. The summed E-state index contributed by atoms with van der Waals surface area (Å²) in [5.74, 6) is -0.176. The lowest BCUT2D eigenvalue weighted by Crippen LogP contribution is -2.42. The Hall–Kier alpha value is -1.66. The molecule has 0 bridgehead atoms. The number of benzene rings is 1. The number of ether oxygens (including phenoxy) is 1. The van der Waals surface area contributed by atoms with Crippen LogP contribution in [0.25, 0.3) is 0 Å². The Labute approximate surface area is 139 Å². The highest BCUT2D eigenvalue weighted by Crippen LogP contribution is 2.40. The van der Waals surface area contributed by atoms with Crippen molar-refractivity contribution in [3.63, 3.8) is 0 Å². The van der Waals surface area contributed by atoms with Gasteiger partial charge in [-0.3, -0.25) is 0 Å². The maximum absolute atomic E-state index is 13.8. The standard InChI is InChI=1S/C17H20FN3OS/c1-22-10-17-19-13(11-23-17)9-20-6-7-21(14-3-4-14)15-5-2-12(18)8-16(15)20/h2,5,8,11,14H,3-4,6-7,9-10H2,1H3. The average Bonchev–Trinajstić information content (AvgIpc) is 3.29. The van der Waals surface area contributed by atoms with E-state index >= 15 is 0 Å². The Morgan fingerprint density at radius 1 is 1.30 bits per heavy atom. The maximum atomic E-state index is 13.8. The molecule has 1 aliphatic heterocycles. The van der Waals surface area contributed by atoms with E-state index in [4.69, 9.17) is 4.74 Å². The van der Waals surface area contributed by atoms with Crippen LogP contribution in [0, 0.1) is 5.82 Å². The van der Waals surface area contributed by atoms with Crippen molar-refractivity contribution in [2.75, 3.05) is 30.0 Å². The minimum absolute atomic E-state index is 0.176. The van der Waals surface area contributed by atoms with Crippen LogP contribution in [-0.2, 0) is 17.9 Å². The van der Waals surface area contributed by atoms with Gasteiger partial charge in [-0.25, -0.2) is 9.37 Å². The number of thiazole rings is 1. The highest BCUT2D eigenvalue weighted by atomic mass is 32.1. The van der Waals surface area contributed by atoms with Gasteiger partial charge < -0.3 is 14.5 Å². The van der Waals surface area contributed by atoms with Crippen molar-refractivity contribution in [3.8, 4) is 0 Å². The lowest BCUT2D eigenvalue weighted by molar-refractivity contribution is 0.184. The van der Waals surface area contributed by atoms with Gasteiger partial charge in [-0.1, -0.05) is 0 Å². The van der Waals surface area contributed by atoms with E-state index in [1.807, 2.05) is 6.07 Å². The SMILES string of the molecule is COCc1nc(CN2CCN(C3CC3)c3ccc(F)cc32)cs1. The molecule has 1 fully saturated rings. The van der Waals surface area contributed by atoms with Crippen LogP contribution in [0.2, 0.25) is 0 Å². The number of nitrogens with zero attached hydrogens (tertiary/aromatic N) is 3. The van der Waals surface area contributed by atoms with Crippen LogP contribution in [-0.4, -0.2) is 31.2 Å². The Balaban J connectivity index is 1.58. The molecule has 0 N–H and O–H groups in total. The van der Waals surface area contributed by atoms with Crippen LogP contribution in [0.4, 0.5) is 15.8 Å².